The number of hydrogen-bond acceptors (Lipinski definition) is 2. The molecule has 0 fully saturated rings. The van der Waals surface area contributed by atoms with Gasteiger partial charge in [-0.25, -0.2) is 4.79 Å². The molecular formula is C10H10ClNO2. The average Bonchev–Trinajstić information content (AvgIpc) is 2.49. The van der Waals surface area contributed by atoms with Crippen LogP contribution in [-0.2, 0) is 6.42 Å². The molecule has 1 aliphatic rings. The summed E-state index contributed by atoms with van der Waals surface area (Å²) in [4.78, 5) is 10.9. The Labute approximate surface area is 86.5 Å². The lowest BCUT2D eigenvalue weighted by Gasteiger charge is -2.08. The fraction of sp³-hybridized carbons (Fsp3) is 0.300. The minimum absolute atomic E-state index is 0.114. The van der Waals surface area contributed by atoms with E-state index < -0.39 is 5.97 Å². The van der Waals surface area contributed by atoms with Crippen LogP contribution in [-0.4, -0.2) is 11.1 Å². The standard InChI is InChI=1S/C10H10ClNO2/c11-7-3-1-6(10(13)14)5-2-4-8(12)9(5)7/h1,3,8H,2,4,12H2,(H,13,14)/t8-/m0/s1. The van der Waals surface area contributed by atoms with Crippen LogP contribution in [0.5, 0.6) is 0 Å². The number of nitrogens with two attached hydrogens (primary N) is 1. The second-order valence-electron chi connectivity index (χ2n) is 3.44. The van der Waals surface area contributed by atoms with Gasteiger partial charge in [0.05, 0.1) is 5.56 Å². The van der Waals surface area contributed by atoms with Crippen molar-refractivity contribution in [1.29, 1.82) is 0 Å². The van der Waals surface area contributed by atoms with Gasteiger partial charge >= 0.3 is 5.97 Å². The topological polar surface area (TPSA) is 63.3 Å². The molecule has 0 heterocycles. The predicted molar refractivity (Wildman–Crippen MR) is 53.7 cm³/mol. The Hall–Kier alpha value is -1.06. The molecule has 0 bridgehead atoms. The molecule has 0 saturated carbocycles. The summed E-state index contributed by atoms with van der Waals surface area (Å²) in [6.07, 6.45) is 1.48. The molecular weight excluding hydrogens is 202 g/mol. The van der Waals surface area contributed by atoms with Crippen molar-refractivity contribution < 1.29 is 9.90 Å². The zero-order chi connectivity index (χ0) is 10.3. The molecule has 1 aliphatic carbocycles. The molecule has 1 aromatic rings. The zero-order valence-electron chi connectivity index (χ0n) is 7.46. The van der Waals surface area contributed by atoms with Gasteiger partial charge in [0.2, 0.25) is 0 Å². The van der Waals surface area contributed by atoms with Gasteiger partial charge in [-0.05, 0) is 36.1 Å². The molecule has 2 rings (SSSR count). The summed E-state index contributed by atoms with van der Waals surface area (Å²) in [6.45, 7) is 0. The Morgan fingerprint density at radius 2 is 2.29 bits per heavy atom. The third-order valence-electron chi connectivity index (χ3n) is 2.61. The first-order valence-corrected chi connectivity index (χ1v) is 4.79. The Kier molecular flexibility index (Phi) is 2.21. The van der Waals surface area contributed by atoms with E-state index in [9.17, 15) is 4.79 Å². The summed E-state index contributed by atoms with van der Waals surface area (Å²) < 4.78 is 0. The van der Waals surface area contributed by atoms with Crippen LogP contribution in [0.25, 0.3) is 0 Å². The van der Waals surface area contributed by atoms with Gasteiger partial charge in [0, 0.05) is 11.1 Å². The summed E-state index contributed by atoms with van der Waals surface area (Å²) in [5.41, 5.74) is 7.78. The number of rotatable bonds is 1. The maximum atomic E-state index is 10.9. The zero-order valence-corrected chi connectivity index (χ0v) is 8.21. The fourth-order valence-corrected chi connectivity index (χ4v) is 2.27. The third kappa shape index (κ3) is 1.29. The Morgan fingerprint density at radius 1 is 1.57 bits per heavy atom. The number of fused-ring (bicyclic) bond motifs is 1. The molecule has 74 valence electrons. The summed E-state index contributed by atoms with van der Waals surface area (Å²) in [5, 5.41) is 9.52. The second kappa shape index (κ2) is 3.26. The first-order chi connectivity index (χ1) is 6.61. The van der Waals surface area contributed by atoms with Crippen molar-refractivity contribution in [3.05, 3.63) is 33.8 Å². The Morgan fingerprint density at radius 3 is 2.93 bits per heavy atom. The molecule has 14 heavy (non-hydrogen) atoms. The third-order valence-corrected chi connectivity index (χ3v) is 2.94. The normalized spacial score (nSPS) is 19.4. The van der Waals surface area contributed by atoms with Gasteiger partial charge in [0.15, 0.2) is 0 Å². The van der Waals surface area contributed by atoms with Gasteiger partial charge in [-0.15, -0.1) is 0 Å². The molecule has 3 N–H and O–H groups in total. The largest absolute Gasteiger partial charge is 0.478 e. The molecule has 3 nitrogen and oxygen atoms in total. The molecule has 0 unspecified atom stereocenters. The van der Waals surface area contributed by atoms with Crippen LogP contribution < -0.4 is 5.73 Å². The van der Waals surface area contributed by atoms with E-state index in [1.54, 1.807) is 12.1 Å². The van der Waals surface area contributed by atoms with E-state index in [0.717, 1.165) is 17.5 Å². The van der Waals surface area contributed by atoms with Crippen molar-refractivity contribution in [2.45, 2.75) is 18.9 Å². The monoisotopic (exact) mass is 211 g/mol. The van der Waals surface area contributed by atoms with E-state index in [-0.39, 0.29) is 6.04 Å². The maximum Gasteiger partial charge on any atom is 0.335 e. The Bertz CT molecular complexity index is 403. The first kappa shape index (κ1) is 9.49. The van der Waals surface area contributed by atoms with E-state index in [1.807, 2.05) is 0 Å². The number of benzene rings is 1. The van der Waals surface area contributed by atoms with Crippen LogP contribution in [0.1, 0.15) is 33.9 Å². The van der Waals surface area contributed by atoms with Gasteiger partial charge in [0.1, 0.15) is 0 Å². The summed E-state index contributed by atoms with van der Waals surface area (Å²) >= 11 is 5.97. The van der Waals surface area contributed by atoms with Crippen LogP contribution >= 0.6 is 11.6 Å². The van der Waals surface area contributed by atoms with E-state index in [1.165, 1.54) is 0 Å². The van der Waals surface area contributed by atoms with Gasteiger partial charge in [0.25, 0.3) is 0 Å². The average molecular weight is 212 g/mol. The highest BCUT2D eigenvalue weighted by atomic mass is 35.5. The number of halogens is 1. The number of hydrogen-bond donors (Lipinski definition) is 2. The maximum absolute atomic E-state index is 10.9. The lowest BCUT2D eigenvalue weighted by molar-refractivity contribution is 0.0696. The number of aromatic carboxylic acids is 1. The molecule has 0 aromatic heterocycles. The molecule has 0 spiro atoms. The number of carboxylic acid groups (broad SMARTS) is 1. The Balaban J connectivity index is 2.64. The van der Waals surface area contributed by atoms with Crippen LogP contribution in [0, 0.1) is 0 Å². The molecule has 1 aromatic carbocycles. The van der Waals surface area contributed by atoms with Crippen molar-refractivity contribution in [1.82, 2.24) is 0 Å². The van der Waals surface area contributed by atoms with Crippen LogP contribution in [0.4, 0.5) is 0 Å². The predicted octanol–water partition coefficient (Wildman–Crippen LogP) is 1.98. The highest BCUT2D eigenvalue weighted by Crippen LogP contribution is 2.36. The van der Waals surface area contributed by atoms with Gasteiger partial charge in [-0.3, -0.25) is 0 Å². The number of carbonyl (C=O) groups is 1. The smallest absolute Gasteiger partial charge is 0.335 e. The second-order valence-corrected chi connectivity index (χ2v) is 3.84. The van der Waals surface area contributed by atoms with Gasteiger partial charge in [-0.2, -0.15) is 0 Å². The van der Waals surface area contributed by atoms with Gasteiger partial charge in [-0.1, -0.05) is 11.6 Å². The molecule has 0 saturated heterocycles. The number of carboxylic acids is 1. The van der Waals surface area contributed by atoms with E-state index in [2.05, 4.69) is 0 Å². The summed E-state index contributed by atoms with van der Waals surface area (Å²) in [6, 6.07) is 3.04. The van der Waals surface area contributed by atoms with E-state index >= 15 is 0 Å². The van der Waals surface area contributed by atoms with Crippen LogP contribution in [0.2, 0.25) is 5.02 Å². The van der Waals surface area contributed by atoms with Crippen molar-refractivity contribution in [3.63, 3.8) is 0 Å². The highest BCUT2D eigenvalue weighted by molar-refractivity contribution is 6.31. The lowest BCUT2D eigenvalue weighted by atomic mass is 10.0. The summed E-state index contributed by atoms with van der Waals surface area (Å²) in [5.74, 6) is -0.910. The highest BCUT2D eigenvalue weighted by Gasteiger charge is 2.26. The molecule has 4 heteroatoms. The fourth-order valence-electron chi connectivity index (χ4n) is 1.95. The van der Waals surface area contributed by atoms with Crippen molar-refractivity contribution in [2.75, 3.05) is 0 Å². The van der Waals surface area contributed by atoms with Crippen molar-refractivity contribution >= 4 is 17.6 Å². The van der Waals surface area contributed by atoms with Crippen molar-refractivity contribution in [3.8, 4) is 0 Å². The minimum atomic E-state index is -0.910. The molecule has 0 radical (unpaired) electrons. The molecule has 0 aliphatic heterocycles. The summed E-state index contributed by atoms with van der Waals surface area (Å²) in [7, 11) is 0. The SMILES string of the molecule is N[C@H]1CCc2c(C(=O)O)ccc(Cl)c21. The van der Waals surface area contributed by atoms with Crippen LogP contribution in [0.15, 0.2) is 12.1 Å². The quantitative estimate of drug-likeness (QED) is 0.747. The van der Waals surface area contributed by atoms with E-state index in [0.29, 0.717) is 17.0 Å². The van der Waals surface area contributed by atoms with E-state index in [4.69, 9.17) is 22.4 Å². The van der Waals surface area contributed by atoms with Crippen molar-refractivity contribution in [2.24, 2.45) is 5.73 Å². The first-order valence-electron chi connectivity index (χ1n) is 4.41. The van der Waals surface area contributed by atoms with Crippen LogP contribution in [0.3, 0.4) is 0 Å². The molecule has 0 amide bonds. The molecule has 1 atom stereocenters. The van der Waals surface area contributed by atoms with Gasteiger partial charge < -0.3 is 10.8 Å². The lowest BCUT2D eigenvalue weighted by Crippen LogP contribution is -2.07. The minimum Gasteiger partial charge on any atom is -0.478 e.